The molecule has 1 aliphatic heterocycles. The van der Waals surface area contributed by atoms with Crippen LogP contribution in [0.15, 0.2) is 0 Å². The van der Waals surface area contributed by atoms with Gasteiger partial charge < -0.3 is 0 Å². The average molecular weight is 254 g/mol. The Morgan fingerprint density at radius 2 is 1.33 bits per heavy atom. The molecule has 0 saturated carbocycles. The molecule has 108 valence electrons. The molecule has 0 aliphatic carbocycles. The van der Waals surface area contributed by atoms with Gasteiger partial charge in [-0.2, -0.15) is 0 Å². The molecule has 18 heavy (non-hydrogen) atoms. The van der Waals surface area contributed by atoms with E-state index in [1.807, 2.05) is 0 Å². The summed E-state index contributed by atoms with van der Waals surface area (Å²) in [4.78, 5) is 5.29. The van der Waals surface area contributed by atoms with Crippen molar-refractivity contribution in [1.29, 1.82) is 0 Å². The van der Waals surface area contributed by atoms with Crippen LogP contribution < -0.4 is 0 Å². The molecule has 1 fully saturated rings. The van der Waals surface area contributed by atoms with E-state index >= 15 is 0 Å². The largest absolute Gasteiger partial charge is 0.298 e. The highest BCUT2D eigenvalue weighted by atomic mass is 15.3. The molecule has 1 unspecified atom stereocenters. The number of hydrogen-bond donors (Lipinski definition) is 0. The van der Waals surface area contributed by atoms with Crippen LogP contribution in [0.3, 0.4) is 0 Å². The van der Waals surface area contributed by atoms with Crippen molar-refractivity contribution in [2.75, 3.05) is 26.2 Å². The highest BCUT2D eigenvalue weighted by Gasteiger charge is 2.21. The lowest BCUT2D eigenvalue weighted by molar-refractivity contribution is 0.0798. The van der Waals surface area contributed by atoms with Gasteiger partial charge in [-0.15, -0.1) is 0 Å². The first kappa shape index (κ1) is 16.0. The van der Waals surface area contributed by atoms with E-state index in [-0.39, 0.29) is 0 Å². The molecular formula is C16H34N2. The zero-order valence-electron chi connectivity index (χ0n) is 13.1. The van der Waals surface area contributed by atoms with Gasteiger partial charge in [0.15, 0.2) is 0 Å². The van der Waals surface area contributed by atoms with Gasteiger partial charge in [0.2, 0.25) is 0 Å². The van der Waals surface area contributed by atoms with E-state index in [1.54, 1.807) is 0 Å². The summed E-state index contributed by atoms with van der Waals surface area (Å²) >= 11 is 0. The van der Waals surface area contributed by atoms with Gasteiger partial charge in [0.25, 0.3) is 0 Å². The van der Waals surface area contributed by atoms with Crippen LogP contribution in [0.25, 0.3) is 0 Å². The summed E-state index contributed by atoms with van der Waals surface area (Å²) in [6.45, 7) is 14.4. The normalized spacial score (nSPS) is 20.5. The summed E-state index contributed by atoms with van der Waals surface area (Å²) < 4.78 is 0. The van der Waals surface area contributed by atoms with E-state index in [4.69, 9.17) is 0 Å². The molecule has 1 rings (SSSR count). The second-order valence-electron chi connectivity index (χ2n) is 6.22. The maximum atomic E-state index is 2.69. The third-order valence-electron chi connectivity index (χ3n) is 4.43. The third kappa shape index (κ3) is 5.71. The van der Waals surface area contributed by atoms with Crippen molar-refractivity contribution in [3.8, 4) is 0 Å². The molecule has 1 heterocycles. The van der Waals surface area contributed by atoms with Crippen molar-refractivity contribution in [2.45, 2.75) is 78.3 Å². The number of hydrogen-bond acceptors (Lipinski definition) is 2. The molecule has 1 atom stereocenters. The van der Waals surface area contributed by atoms with Gasteiger partial charge in [-0.1, -0.05) is 39.0 Å². The maximum absolute atomic E-state index is 2.69. The van der Waals surface area contributed by atoms with E-state index in [0.29, 0.717) is 0 Å². The van der Waals surface area contributed by atoms with E-state index in [2.05, 4.69) is 37.5 Å². The molecule has 0 aromatic carbocycles. The predicted octanol–water partition coefficient (Wildman–Crippen LogP) is 3.76. The molecule has 2 nitrogen and oxygen atoms in total. The predicted molar refractivity (Wildman–Crippen MR) is 81.1 cm³/mol. The quantitative estimate of drug-likeness (QED) is 0.609. The van der Waals surface area contributed by atoms with Crippen LogP contribution in [-0.2, 0) is 0 Å². The summed E-state index contributed by atoms with van der Waals surface area (Å²) in [5.74, 6) is 0. The van der Waals surface area contributed by atoms with Crippen LogP contribution in [0, 0.1) is 0 Å². The van der Waals surface area contributed by atoms with Gasteiger partial charge >= 0.3 is 0 Å². The van der Waals surface area contributed by atoms with E-state index in [1.165, 1.54) is 64.7 Å². The fourth-order valence-electron chi connectivity index (χ4n) is 2.92. The van der Waals surface area contributed by atoms with Gasteiger partial charge in [-0.25, -0.2) is 0 Å². The second kappa shape index (κ2) is 8.92. The molecule has 0 N–H and O–H groups in total. The van der Waals surface area contributed by atoms with Crippen molar-refractivity contribution in [3.63, 3.8) is 0 Å². The summed E-state index contributed by atoms with van der Waals surface area (Å²) in [6, 6.07) is 1.51. The second-order valence-corrected chi connectivity index (χ2v) is 6.22. The first-order valence-corrected chi connectivity index (χ1v) is 8.13. The molecule has 2 heteroatoms. The van der Waals surface area contributed by atoms with Gasteiger partial charge in [-0.05, 0) is 27.2 Å². The smallest absolute Gasteiger partial charge is 0.0113 e. The van der Waals surface area contributed by atoms with E-state index in [0.717, 1.165) is 12.1 Å². The molecule has 0 aromatic rings. The van der Waals surface area contributed by atoms with Gasteiger partial charge in [-0.3, -0.25) is 9.80 Å². The van der Waals surface area contributed by atoms with Crippen LogP contribution in [0.5, 0.6) is 0 Å². The maximum Gasteiger partial charge on any atom is 0.0113 e. The molecule has 0 spiro atoms. The summed E-state index contributed by atoms with van der Waals surface area (Å²) in [6.07, 6.45) is 8.46. The summed E-state index contributed by atoms with van der Waals surface area (Å²) in [5.41, 5.74) is 0. The molecular weight excluding hydrogens is 220 g/mol. The first-order valence-electron chi connectivity index (χ1n) is 8.13. The topological polar surface area (TPSA) is 6.48 Å². The summed E-state index contributed by atoms with van der Waals surface area (Å²) in [5, 5.41) is 0. The lowest BCUT2D eigenvalue weighted by Crippen LogP contribution is -2.51. The van der Waals surface area contributed by atoms with Crippen molar-refractivity contribution in [1.82, 2.24) is 9.80 Å². The van der Waals surface area contributed by atoms with Crippen molar-refractivity contribution in [2.24, 2.45) is 0 Å². The molecule has 0 amide bonds. The summed E-state index contributed by atoms with van der Waals surface area (Å²) in [7, 11) is 0. The number of unbranched alkanes of at least 4 members (excludes halogenated alkanes) is 4. The lowest BCUT2D eigenvalue weighted by atomic mass is 10.1. The molecule has 1 aliphatic rings. The monoisotopic (exact) mass is 254 g/mol. The zero-order chi connectivity index (χ0) is 13.4. The van der Waals surface area contributed by atoms with Crippen LogP contribution in [0.2, 0.25) is 0 Å². The fourth-order valence-corrected chi connectivity index (χ4v) is 2.92. The standard InChI is InChI=1S/C16H34N2/c1-5-6-7-8-9-10-16(4)18-13-11-17(12-14-18)15(2)3/h15-16H,5-14H2,1-4H3. The third-order valence-corrected chi connectivity index (χ3v) is 4.43. The van der Waals surface area contributed by atoms with Gasteiger partial charge in [0.05, 0.1) is 0 Å². The molecule has 0 aromatic heterocycles. The van der Waals surface area contributed by atoms with Crippen molar-refractivity contribution < 1.29 is 0 Å². The van der Waals surface area contributed by atoms with Crippen LogP contribution >= 0.6 is 0 Å². The Morgan fingerprint density at radius 3 is 1.89 bits per heavy atom. The SMILES string of the molecule is CCCCCCCC(C)N1CCN(C(C)C)CC1. The number of piperazine rings is 1. The zero-order valence-corrected chi connectivity index (χ0v) is 13.1. The van der Waals surface area contributed by atoms with Gasteiger partial charge in [0.1, 0.15) is 0 Å². The Bertz CT molecular complexity index is 195. The fraction of sp³-hybridized carbons (Fsp3) is 1.00. The molecule has 0 bridgehead atoms. The number of nitrogens with zero attached hydrogens (tertiary/aromatic N) is 2. The Hall–Kier alpha value is -0.0800. The lowest BCUT2D eigenvalue weighted by Gasteiger charge is -2.39. The Morgan fingerprint density at radius 1 is 0.778 bits per heavy atom. The first-order chi connectivity index (χ1) is 8.65. The van der Waals surface area contributed by atoms with Crippen LogP contribution in [-0.4, -0.2) is 48.1 Å². The van der Waals surface area contributed by atoms with E-state index in [9.17, 15) is 0 Å². The minimum Gasteiger partial charge on any atom is -0.298 e. The van der Waals surface area contributed by atoms with Crippen molar-refractivity contribution >= 4 is 0 Å². The van der Waals surface area contributed by atoms with Crippen LogP contribution in [0.4, 0.5) is 0 Å². The highest BCUT2D eigenvalue weighted by molar-refractivity contribution is 4.77. The molecule has 0 radical (unpaired) electrons. The minimum absolute atomic E-state index is 0.719. The van der Waals surface area contributed by atoms with Crippen LogP contribution in [0.1, 0.15) is 66.2 Å². The van der Waals surface area contributed by atoms with Gasteiger partial charge in [0, 0.05) is 38.3 Å². The highest BCUT2D eigenvalue weighted by Crippen LogP contribution is 2.14. The minimum atomic E-state index is 0.719. The number of rotatable bonds is 8. The Labute approximate surface area is 115 Å². The molecule has 1 saturated heterocycles. The van der Waals surface area contributed by atoms with Crippen molar-refractivity contribution in [3.05, 3.63) is 0 Å². The Balaban J connectivity index is 2.10. The average Bonchev–Trinajstić information content (AvgIpc) is 2.38. The Kier molecular flexibility index (Phi) is 7.92. The van der Waals surface area contributed by atoms with E-state index < -0.39 is 0 Å².